The zero-order chi connectivity index (χ0) is 41.0. The maximum absolute atomic E-state index is 15.2. The lowest BCUT2D eigenvalue weighted by molar-refractivity contribution is -0.136. The van der Waals surface area contributed by atoms with Crippen molar-refractivity contribution in [2.75, 3.05) is 69.3 Å². The van der Waals surface area contributed by atoms with Crippen LogP contribution >= 0.6 is 0 Å². The van der Waals surface area contributed by atoms with E-state index in [1.165, 1.54) is 10.9 Å². The maximum Gasteiger partial charge on any atom is 0.258 e. The molecule has 59 heavy (non-hydrogen) atoms. The average Bonchev–Trinajstić information content (AvgIpc) is 3.76. The molecule has 3 atom stereocenters. The number of anilines is 2. The molecule has 4 aromatic rings. The Hall–Kier alpha value is -5.08. The number of amides is 3. The Labute approximate surface area is 345 Å². The fourth-order valence-corrected chi connectivity index (χ4v) is 10.2. The van der Waals surface area contributed by atoms with Crippen LogP contribution in [0.3, 0.4) is 0 Å². The van der Waals surface area contributed by atoms with Crippen LogP contribution in [0, 0.1) is 5.92 Å². The predicted octanol–water partition coefficient (Wildman–Crippen LogP) is 5.24. The van der Waals surface area contributed by atoms with Crippen molar-refractivity contribution in [2.45, 2.75) is 89.6 Å². The number of hydrogen-bond donors (Lipinski definition) is 2. The van der Waals surface area contributed by atoms with Gasteiger partial charge in [-0.3, -0.25) is 29.5 Å². The Bertz CT molecular complexity index is 2220. The number of H-pyrrole nitrogens is 1. The van der Waals surface area contributed by atoms with Crippen molar-refractivity contribution in [3.63, 3.8) is 0 Å². The number of nitrogens with zero attached hydrogens (tertiary/aromatic N) is 7. The van der Waals surface area contributed by atoms with E-state index in [1.54, 1.807) is 25.9 Å². The molecule has 3 unspecified atom stereocenters. The number of carbonyl (C=O) groups is 3. The third-order valence-corrected chi connectivity index (χ3v) is 13.3. The van der Waals surface area contributed by atoms with Gasteiger partial charge in [-0.2, -0.15) is 0 Å². The Morgan fingerprint density at radius 1 is 0.949 bits per heavy atom. The van der Waals surface area contributed by atoms with Crippen LogP contribution in [0.25, 0.3) is 10.9 Å². The van der Waals surface area contributed by atoms with Crippen LogP contribution in [-0.4, -0.2) is 125 Å². The monoisotopic (exact) mass is 805 g/mol. The molecule has 3 saturated heterocycles. The highest BCUT2D eigenvalue weighted by molar-refractivity contribution is 6.06. The molecular weight excluding hydrogens is 750 g/mol. The third-order valence-electron chi connectivity index (χ3n) is 13.3. The standard InChI is InChI=1S/C45H56FN9O4/c1-28-21-34-33-7-5-6-8-35(33)49-40(34)41(55(28)27-45(2,3)46)31-24-47-44(48-25-31)53-15-12-29(13-16-53)11-14-51-17-19-52(20-18-51)32-22-30-26-54(36-9-10-38(56)50-42(36)57)43(58)39(30)37(23-32)59-4/h5-8,22-25,28-29,36,41,49H,9-21,26-27H2,1-4H3,(H,50,56,57). The second-order valence-corrected chi connectivity index (χ2v) is 17.9. The number of halogens is 1. The molecule has 312 valence electrons. The number of para-hydroxylation sites is 1. The van der Waals surface area contributed by atoms with Crippen LogP contribution in [0.2, 0.25) is 0 Å². The van der Waals surface area contributed by atoms with Gasteiger partial charge in [-0.05, 0) is 88.6 Å². The molecule has 2 aromatic heterocycles. The van der Waals surface area contributed by atoms with E-state index in [9.17, 15) is 14.4 Å². The number of fused-ring (bicyclic) bond motifs is 4. The molecule has 5 aliphatic rings. The van der Waals surface area contributed by atoms with Crippen molar-refractivity contribution in [3.05, 3.63) is 76.7 Å². The number of imide groups is 1. The highest BCUT2D eigenvalue weighted by atomic mass is 19.1. The summed E-state index contributed by atoms with van der Waals surface area (Å²) in [4.78, 5) is 62.3. The van der Waals surface area contributed by atoms with Crippen LogP contribution in [-0.2, 0) is 22.6 Å². The second kappa shape index (κ2) is 15.8. The van der Waals surface area contributed by atoms with Crippen molar-refractivity contribution in [2.24, 2.45) is 5.92 Å². The topological polar surface area (TPSA) is 130 Å². The van der Waals surface area contributed by atoms with E-state index in [0.29, 0.717) is 36.7 Å². The molecule has 3 fully saturated rings. The molecule has 7 heterocycles. The summed E-state index contributed by atoms with van der Waals surface area (Å²) in [5.41, 5.74) is 5.56. The number of carbonyl (C=O) groups excluding carboxylic acids is 3. The number of piperazine rings is 1. The average molecular weight is 806 g/mol. The number of benzene rings is 2. The number of aromatic amines is 1. The lowest BCUT2D eigenvalue weighted by atomic mass is 9.88. The molecule has 9 rings (SSSR count). The van der Waals surface area contributed by atoms with Gasteiger partial charge in [0.25, 0.3) is 5.91 Å². The minimum absolute atomic E-state index is 0.155. The zero-order valence-corrected chi connectivity index (χ0v) is 34.7. The fraction of sp³-hybridized carbons (Fsp3) is 0.533. The van der Waals surface area contributed by atoms with Crippen molar-refractivity contribution < 1.29 is 23.5 Å². The minimum atomic E-state index is -1.34. The summed E-state index contributed by atoms with van der Waals surface area (Å²) in [7, 11) is 1.58. The van der Waals surface area contributed by atoms with Gasteiger partial charge in [0.1, 0.15) is 17.5 Å². The molecule has 0 saturated carbocycles. The van der Waals surface area contributed by atoms with Crippen LogP contribution in [0.1, 0.15) is 91.7 Å². The molecule has 0 spiro atoms. The smallest absolute Gasteiger partial charge is 0.258 e. The first-order valence-corrected chi connectivity index (χ1v) is 21.4. The number of rotatable bonds is 10. The molecule has 0 radical (unpaired) electrons. The molecule has 2 aromatic carbocycles. The largest absolute Gasteiger partial charge is 0.496 e. The van der Waals surface area contributed by atoms with Gasteiger partial charge in [0.05, 0.1) is 18.7 Å². The summed E-state index contributed by atoms with van der Waals surface area (Å²) in [6.07, 6.45) is 8.70. The lowest BCUT2D eigenvalue weighted by Gasteiger charge is -2.42. The third kappa shape index (κ3) is 7.77. The number of alkyl halides is 1. The highest BCUT2D eigenvalue weighted by Crippen LogP contribution is 2.42. The van der Waals surface area contributed by atoms with Gasteiger partial charge in [-0.25, -0.2) is 14.4 Å². The normalized spacial score (nSPS) is 23.5. The Balaban J connectivity index is 0.780. The first kappa shape index (κ1) is 39.4. The second-order valence-electron chi connectivity index (χ2n) is 17.9. The Morgan fingerprint density at radius 3 is 2.41 bits per heavy atom. The van der Waals surface area contributed by atoms with Crippen LogP contribution in [0.5, 0.6) is 5.75 Å². The van der Waals surface area contributed by atoms with Gasteiger partial charge in [0, 0.05) is 111 Å². The first-order valence-electron chi connectivity index (χ1n) is 21.4. The van der Waals surface area contributed by atoms with Gasteiger partial charge < -0.3 is 24.4 Å². The van der Waals surface area contributed by atoms with Gasteiger partial charge >= 0.3 is 0 Å². The van der Waals surface area contributed by atoms with E-state index in [2.05, 4.69) is 67.2 Å². The number of nitrogens with one attached hydrogen (secondary N) is 2. The van der Waals surface area contributed by atoms with Crippen LogP contribution in [0.4, 0.5) is 16.0 Å². The van der Waals surface area contributed by atoms with E-state index in [-0.39, 0.29) is 30.3 Å². The first-order chi connectivity index (χ1) is 28.4. The number of ether oxygens (including phenoxy) is 1. The highest BCUT2D eigenvalue weighted by Gasteiger charge is 2.42. The molecule has 3 amide bonds. The van der Waals surface area contributed by atoms with Crippen LogP contribution < -0.4 is 19.9 Å². The number of methoxy groups -OCH3 is 1. The van der Waals surface area contributed by atoms with Gasteiger partial charge in [-0.1, -0.05) is 18.2 Å². The molecule has 13 nitrogen and oxygen atoms in total. The van der Waals surface area contributed by atoms with Gasteiger partial charge in [-0.15, -0.1) is 0 Å². The van der Waals surface area contributed by atoms with E-state index < -0.39 is 17.6 Å². The minimum Gasteiger partial charge on any atom is -0.496 e. The molecule has 2 N–H and O–H groups in total. The van der Waals surface area contributed by atoms with E-state index in [4.69, 9.17) is 14.7 Å². The molecule has 0 bridgehead atoms. The van der Waals surface area contributed by atoms with Gasteiger partial charge in [0.2, 0.25) is 17.8 Å². The van der Waals surface area contributed by atoms with Crippen molar-refractivity contribution in [1.82, 2.24) is 35.0 Å². The quantitative estimate of drug-likeness (QED) is 0.206. The molecule has 14 heteroatoms. The van der Waals surface area contributed by atoms with Gasteiger partial charge in [0.15, 0.2) is 0 Å². The SMILES string of the molecule is COc1cc(N2CCN(CCC3CCN(c4ncc(C5c6[nH]c7ccccc7c6CC(C)N5CC(C)(C)F)cn4)CC3)CC2)cc2c1C(=O)N(C1CCC(=O)NC1=O)C2. The molecule has 5 aliphatic heterocycles. The Morgan fingerprint density at radius 2 is 1.69 bits per heavy atom. The van der Waals surface area contributed by atoms with E-state index in [0.717, 1.165) is 105 Å². The van der Waals surface area contributed by atoms with Crippen molar-refractivity contribution >= 4 is 40.3 Å². The summed E-state index contributed by atoms with van der Waals surface area (Å²) in [6, 6.07) is 11.8. The van der Waals surface area contributed by atoms with Crippen LogP contribution in [0.15, 0.2) is 48.8 Å². The summed E-state index contributed by atoms with van der Waals surface area (Å²) in [5.74, 6) is 1.01. The predicted molar refractivity (Wildman–Crippen MR) is 224 cm³/mol. The molecular formula is C45H56FN9O4. The number of hydrogen-bond acceptors (Lipinski definition) is 10. The number of piperidine rings is 2. The number of aromatic nitrogens is 3. The van der Waals surface area contributed by atoms with E-state index >= 15 is 4.39 Å². The van der Waals surface area contributed by atoms with E-state index in [1.807, 2.05) is 18.5 Å². The summed E-state index contributed by atoms with van der Waals surface area (Å²) < 4.78 is 20.9. The Kier molecular flexibility index (Phi) is 10.6. The van der Waals surface area contributed by atoms with Crippen molar-refractivity contribution in [3.8, 4) is 5.75 Å². The summed E-state index contributed by atoms with van der Waals surface area (Å²) in [6.45, 7) is 12.7. The zero-order valence-electron chi connectivity index (χ0n) is 34.7. The molecule has 0 aliphatic carbocycles. The summed E-state index contributed by atoms with van der Waals surface area (Å²) >= 11 is 0. The maximum atomic E-state index is 15.2. The fourth-order valence-electron chi connectivity index (χ4n) is 10.2. The lowest BCUT2D eigenvalue weighted by Crippen LogP contribution is -2.52. The van der Waals surface area contributed by atoms with Crippen molar-refractivity contribution in [1.29, 1.82) is 0 Å². The summed E-state index contributed by atoms with van der Waals surface area (Å²) in [5, 5.41) is 3.61.